The van der Waals surface area contributed by atoms with Crippen LogP contribution in [0.4, 0.5) is 8.78 Å². The number of hydrogen-bond acceptors (Lipinski definition) is 3. The lowest BCUT2D eigenvalue weighted by atomic mass is 10.0. The lowest BCUT2D eigenvalue weighted by Gasteiger charge is -2.39. The first-order valence-corrected chi connectivity index (χ1v) is 6.12. The van der Waals surface area contributed by atoms with Crippen LogP contribution in [0.15, 0.2) is 18.2 Å². The van der Waals surface area contributed by atoms with Crippen molar-refractivity contribution in [3.63, 3.8) is 0 Å². The van der Waals surface area contributed by atoms with Crippen molar-refractivity contribution < 1.29 is 13.5 Å². The summed E-state index contributed by atoms with van der Waals surface area (Å²) in [4.78, 5) is 2.18. The van der Waals surface area contributed by atoms with Gasteiger partial charge in [0.2, 0.25) is 0 Å². The number of morpholine rings is 1. The van der Waals surface area contributed by atoms with E-state index in [1.807, 2.05) is 6.92 Å². The molecule has 2 unspecified atom stereocenters. The summed E-state index contributed by atoms with van der Waals surface area (Å²) in [6.45, 7) is 4.45. The molecule has 0 bridgehead atoms. The normalized spacial score (nSPS) is 23.0. The standard InChI is InChI=1S/C13H18F2N2O/c1-9-8-18-5-4-17(9)13(7-16)10-2-3-11(14)12(15)6-10/h2-3,6,9,13H,4-5,7-8,16H2,1H3. The van der Waals surface area contributed by atoms with E-state index in [9.17, 15) is 8.78 Å². The van der Waals surface area contributed by atoms with E-state index in [1.54, 1.807) is 6.07 Å². The van der Waals surface area contributed by atoms with E-state index in [4.69, 9.17) is 10.5 Å². The molecule has 3 nitrogen and oxygen atoms in total. The van der Waals surface area contributed by atoms with Crippen molar-refractivity contribution >= 4 is 0 Å². The molecule has 2 atom stereocenters. The van der Waals surface area contributed by atoms with E-state index in [2.05, 4.69) is 4.90 Å². The summed E-state index contributed by atoms with van der Waals surface area (Å²) in [5.41, 5.74) is 6.50. The van der Waals surface area contributed by atoms with Crippen LogP contribution in [0, 0.1) is 11.6 Å². The van der Waals surface area contributed by atoms with Crippen molar-refractivity contribution in [2.24, 2.45) is 5.73 Å². The average Bonchev–Trinajstić information content (AvgIpc) is 2.37. The minimum absolute atomic E-state index is 0.0981. The van der Waals surface area contributed by atoms with Gasteiger partial charge >= 0.3 is 0 Å². The summed E-state index contributed by atoms with van der Waals surface area (Å²) in [5, 5.41) is 0. The van der Waals surface area contributed by atoms with Gasteiger partial charge < -0.3 is 10.5 Å². The molecule has 1 fully saturated rings. The molecule has 0 aromatic heterocycles. The zero-order valence-electron chi connectivity index (χ0n) is 10.4. The second-order valence-corrected chi connectivity index (χ2v) is 4.59. The second kappa shape index (κ2) is 5.73. The van der Waals surface area contributed by atoms with Crippen LogP contribution in [0.5, 0.6) is 0 Å². The molecule has 1 heterocycles. The summed E-state index contributed by atoms with van der Waals surface area (Å²) in [5.74, 6) is -1.66. The minimum atomic E-state index is -0.829. The predicted molar refractivity (Wildman–Crippen MR) is 65.1 cm³/mol. The van der Waals surface area contributed by atoms with Crippen LogP contribution < -0.4 is 5.73 Å². The molecule has 5 heteroatoms. The van der Waals surface area contributed by atoms with Gasteiger partial charge in [-0.15, -0.1) is 0 Å². The van der Waals surface area contributed by atoms with E-state index >= 15 is 0 Å². The van der Waals surface area contributed by atoms with Crippen molar-refractivity contribution in [1.29, 1.82) is 0 Å². The number of nitrogens with zero attached hydrogens (tertiary/aromatic N) is 1. The molecule has 1 aliphatic rings. The molecule has 0 aliphatic carbocycles. The molecular weight excluding hydrogens is 238 g/mol. The van der Waals surface area contributed by atoms with Crippen LogP contribution in [0.3, 0.4) is 0 Å². The molecule has 100 valence electrons. The Balaban J connectivity index is 2.23. The number of halogens is 2. The van der Waals surface area contributed by atoms with Gasteiger partial charge in [-0.2, -0.15) is 0 Å². The van der Waals surface area contributed by atoms with E-state index in [1.165, 1.54) is 6.07 Å². The van der Waals surface area contributed by atoms with Gasteiger partial charge in [-0.3, -0.25) is 4.90 Å². The Morgan fingerprint density at radius 1 is 1.44 bits per heavy atom. The first-order valence-electron chi connectivity index (χ1n) is 6.12. The van der Waals surface area contributed by atoms with E-state index in [0.29, 0.717) is 25.3 Å². The Morgan fingerprint density at radius 2 is 2.22 bits per heavy atom. The molecule has 0 amide bonds. The van der Waals surface area contributed by atoms with Crippen LogP contribution in [-0.4, -0.2) is 37.2 Å². The van der Waals surface area contributed by atoms with Gasteiger partial charge in [0, 0.05) is 25.2 Å². The average molecular weight is 256 g/mol. The third-order valence-corrected chi connectivity index (χ3v) is 3.37. The van der Waals surface area contributed by atoms with Gasteiger partial charge in [0.15, 0.2) is 11.6 Å². The SMILES string of the molecule is CC1COCCN1C(CN)c1ccc(F)c(F)c1. The summed E-state index contributed by atoms with van der Waals surface area (Å²) >= 11 is 0. The Bertz CT molecular complexity index is 414. The number of ether oxygens (including phenoxy) is 1. The van der Waals surface area contributed by atoms with Crippen LogP contribution in [-0.2, 0) is 4.74 Å². The van der Waals surface area contributed by atoms with Gasteiger partial charge in [0.05, 0.1) is 13.2 Å². The lowest BCUT2D eigenvalue weighted by Crippen LogP contribution is -2.47. The third kappa shape index (κ3) is 2.68. The Kier molecular flexibility index (Phi) is 4.27. The van der Waals surface area contributed by atoms with Crippen molar-refractivity contribution in [3.8, 4) is 0 Å². The highest BCUT2D eigenvalue weighted by Gasteiger charge is 2.27. The van der Waals surface area contributed by atoms with Crippen molar-refractivity contribution in [1.82, 2.24) is 4.90 Å². The monoisotopic (exact) mass is 256 g/mol. The quantitative estimate of drug-likeness (QED) is 0.894. The molecule has 1 saturated heterocycles. The molecular formula is C13H18F2N2O. The molecule has 2 rings (SSSR count). The summed E-state index contributed by atoms with van der Waals surface area (Å²) < 4.78 is 31.6. The highest BCUT2D eigenvalue weighted by atomic mass is 19.2. The molecule has 0 saturated carbocycles. The first kappa shape index (κ1) is 13.4. The second-order valence-electron chi connectivity index (χ2n) is 4.59. The van der Waals surface area contributed by atoms with Crippen LogP contribution in [0.25, 0.3) is 0 Å². The zero-order chi connectivity index (χ0) is 13.1. The molecule has 0 spiro atoms. The number of benzene rings is 1. The van der Waals surface area contributed by atoms with E-state index in [-0.39, 0.29) is 12.1 Å². The largest absolute Gasteiger partial charge is 0.379 e. The highest BCUT2D eigenvalue weighted by molar-refractivity contribution is 5.22. The number of hydrogen-bond donors (Lipinski definition) is 1. The summed E-state index contributed by atoms with van der Waals surface area (Å²) in [6.07, 6.45) is 0. The number of nitrogens with two attached hydrogens (primary N) is 1. The highest BCUT2D eigenvalue weighted by Crippen LogP contribution is 2.25. The lowest BCUT2D eigenvalue weighted by molar-refractivity contribution is -0.0210. The van der Waals surface area contributed by atoms with Crippen molar-refractivity contribution in [2.45, 2.75) is 19.0 Å². The van der Waals surface area contributed by atoms with Gasteiger partial charge in [0.1, 0.15) is 0 Å². The molecule has 2 N–H and O–H groups in total. The fourth-order valence-corrected chi connectivity index (χ4v) is 2.39. The number of rotatable bonds is 3. The van der Waals surface area contributed by atoms with Crippen LogP contribution >= 0.6 is 0 Å². The molecule has 1 aromatic rings. The fourth-order valence-electron chi connectivity index (χ4n) is 2.39. The maximum absolute atomic E-state index is 13.3. The molecule has 18 heavy (non-hydrogen) atoms. The Labute approximate surface area is 106 Å². The van der Waals surface area contributed by atoms with Crippen molar-refractivity contribution in [3.05, 3.63) is 35.4 Å². The summed E-state index contributed by atoms with van der Waals surface area (Å²) in [6, 6.07) is 4.10. The van der Waals surface area contributed by atoms with Gasteiger partial charge in [-0.1, -0.05) is 6.07 Å². The fraction of sp³-hybridized carbons (Fsp3) is 0.538. The minimum Gasteiger partial charge on any atom is -0.379 e. The molecule has 1 aromatic carbocycles. The molecule has 1 aliphatic heterocycles. The molecule has 0 radical (unpaired) electrons. The first-order chi connectivity index (χ1) is 8.63. The Hall–Kier alpha value is -1.04. The van der Waals surface area contributed by atoms with Gasteiger partial charge in [0.25, 0.3) is 0 Å². The maximum atomic E-state index is 13.3. The van der Waals surface area contributed by atoms with E-state index < -0.39 is 11.6 Å². The predicted octanol–water partition coefficient (Wildman–Crippen LogP) is 1.69. The van der Waals surface area contributed by atoms with Crippen LogP contribution in [0.2, 0.25) is 0 Å². The zero-order valence-corrected chi connectivity index (χ0v) is 10.4. The topological polar surface area (TPSA) is 38.5 Å². The Morgan fingerprint density at radius 3 is 2.83 bits per heavy atom. The van der Waals surface area contributed by atoms with Gasteiger partial charge in [-0.05, 0) is 24.6 Å². The van der Waals surface area contributed by atoms with E-state index in [0.717, 1.165) is 12.6 Å². The maximum Gasteiger partial charge on any atom is 0.159 e. The van der Waals surface area contributed by atoms with Crippen LogP contribution in [0.1, 0.15) is 18.5 Å². The summed E-state index contributed by atoms with van der Waals surface area (Å²) in [7, 11) is 0. The van der Waals surface area contributed by atoms with Gasteiger partial charge in [-0.25, -0.2) is 8.78 Å². The third-order valence-electron chi connectivity index (χ3n) is 3.37. The smallest absolute Gasteiger partial charge is 0.159 e. The van der Waals surface area contributed by atoms with Crippen molar-refractivity contribution in [2.75, 3.05) is 26.3 Å².